The van der Waals surface area contributed by atoms with Crippen molar-refractivity contribution in [1.82, 2.24) is 15.2 Å². The van der Waals surface area contributed by atoms with E-state index in [0.29, 0.717) is 12.2 Å². The number of amides is 1. The van der Waals surface area contributed by atoms with Gasteiger partial charge in [0.2, 0.25) is 0 Å². The minimum atomic E-state index is -0.0841. The maximum absolute atomic E-state index is 12.6. The summed E-state index contributed by atoms with van der Waals surface area (Å²) in [7, 11) is 0. The van der Waals surface area contributed by atoms with Gasteiger partial charge in [0, 0.05) is 42.0 Å². The molecule has 3 heterocycles. The first-order valence-corrected chi connectivity index (χ1v) is 9.68. The van der Waals surface area contributed by atoms with E-state index in [1.165, 1.54) is 0 Å². The molecule has 6 heteroatoms. The first-order valence-electron chi connectivity index (χ1n) is 8.52. The maximum Gasteiger partial charge on any atom is 0.267 e. The lowest BCUT2D eigenvalue weighted by Crippen LogP contribution is -2.42. The van der Waals surface area contributed by atoms with Crippen LogP contribution in [0.3, 0.4) is 0 Å². The highest BCUT2D eigenvalue weighted by Crippen LogP contribution is 2.24. The highest BCUT2D eigenvalue weighted by Gasteiger charge is 2.25. The van der Waals surface area contributed by atoms with Crippen molar-refractivity contribution in [1.29, 1.82) is 0 Å². The molecule has 0 saturated carbocycles. The average Bonchev–Trinajstić information content (AvgIpc) is 3.32. The predicted octanol–water partition coefficient (Wildman–Crippen LogP) is 3.28. The van der Waals surface area contributed by atoms with Gasteiger partial charge in [-0.3, -0.25) is 9.69 Å². The SMILES string of the molecule is O=C(NCC(c1ccco1)N1CCSCC1)c1cc2ccccc2[nH]1. The van der Waals surface area contributed by atoms with Crippen LogP contribution in [-0.2, 0) is 0 Å². The second kappa shape index (κ2) is 7.37. The second-order valence-electron chi connectivity index (χ2n) is 6.16. The van der Waals surface area contributed by atoms with Crippen LogP contribution in [0.15, 0.2) is 53.1 Å². The molecule has 0 bridgehead atoms. The summed E-state index contributed by atoms with van der Waals surface area (Å²) in [5.41, 5.74) is 1.57. The van der Waals surface area contributed by atoms with E-state index in [4.69, 9.17) is 4.42 Å². The standard InChI is InChI=1S/C19H21N3O2S/c23-19(16-12-14-4-1-2-5-15(14)21-16)20-13-17(18-6-3-9-24-18)22-7-10-25-11-8-22/h1-6,9,12,17,21H,7-8,10-11,13H2,(H,20,23). The molecule has 130 valence electrons. The molecule has 2 N–H and O–H groups in total. The van der Waals surface area contributed by atoms with Gasteiger partial charge < -0.3 is 14.7 Å². The summed E-state index contributed by atoms with van der Waals surface area (Å²) in [5, 5.41) is 4.11. The van der Waals surface area contributed by atoms with Crippen molar-refractivity contribution in [3.8, 4) is 0 Å². The van der Waals surface area contributed by atoms with Crippen molar-refractivity contribution < 1.29 is 9.21 Å². The van der Waals surface area contributed by atoms with Crippen molar-refractivity contribution in [2.75, 3.05) is 31.1 Å². The molecular formula is C19H21N3O2S. The average molecular weight is 355 g/mol. The number of H-pyrrole nitrogens is 1. The van der Waals surface area contributed by atoms with E-state index >= 15 is 0 Å². The molecule has 0 aliphatic carbocycles. The summed E-state index contributed by atoms with van der Waals surface area (Å²) in [6, 6.07) is 13.8. The summed E-state index contributed by atoms with van der Waals surface area (Å²) >= 11 is 1.97. The zero-order valence-corrected chi connectivity index (χ0v) is 14.7. The number of hydrogen-bond donors (Lipinski definition) is 2. The quantitative estimate of drug-likeness (QED) is 0.737. The number of aromatic amines is 1. The Bertz CT molecular complexity index is 804. The number of furan rings is 1. The number of thioether (sulfide) groups is 1. The molecule has 1 fully saturated rings. The zero-order chi connectivity index (χ0) is 17.1. The van der Waals surface area contributed by atoms with E-state index in [2.05, 4.69) is 15.2 Å². The normalized spacial score (nSPS) is 16.8. The van der Waals surface area contributed by atoms with Gasteiger partial charge in [0.25, 0.3) is 5.91 Å². The molecule has 1 aliphatic rings. The van der Waals surface area contributed by atoms with Gasteiger partial charge >= 0.3 is 0 Å². The molecule has 1 aromatic carbocycles. The van der Waals surface area contributed by atoms with Crippen molar-refractivity contribution in [2.24, 2.45) is 0 Å². The fraction of sp³-hybridized carbons (Fsp3) is 0.316. The molecule has 2 aromatic heterocycles. The van der Waals surface area contributed by atoms with Crippen LogP contribution in [0.1, 0.15) is 22.3 Å². The smallest absolute Gasteiger partial charge is 0.267 e. The molecule has 1 atom stereocenters. The molecule has 0 radical (unpaired) electrons. The summed E-state index contributed by atoms with van der Waals surface area (Å²) in [6.07, 6.45) is 1.69. The fourth-order valence-corrected chi connectivity index (χ4v) is 4.19. The van der Waals surface area contributed by atoms with Crippen LogP contribution in [0.4, 0.5) is 0 Å². The van der Waals surface area contributed by atoms with Gasteiger partial charge in [-0.2, -0.15) is 11.8 Å². The summed E-state index contributed by atoms with van der Waals surface area (Å²) in [5.74, 6) is 3.06. The van der Waals surface area contributed by atoms with Crippen LogP contribution in [-0.4, -0.2) is 46.9 Å². The molecule has 4 rings (SSSR count). The number of carbonyl (C=O) groups is 1. The third kappa shape index (κ3) is 3.60. The van der Waals surface area contributed by atoms with Gasteiger partial charge in [0.15, 0.2) is 0 Å². The Balaban J connectivity index is 1.47. The molecule has 1 saturated heterocycles. The number of fused-ring (bicyclic) bond motifs is 1. The minimum absolute atomic E-state index is 0.0734. The molecule has 3 aromatic rings. The van der Waals surface area contributed by atoms with E-state index in [1.54, 1.807) is 6.26 Å². The summed E-state index contributed by atoms with van der Waals surface area (Å²) < 4.78 is 5.63. The Kier molecular flexibility index (Phi) is 4.81. The van der Waals surface area contributed by atoms with Crippen LogP contribution in [0, 0.1) is 0 Å². The third-order valence-corrected chi connectivity index (χ3v) is 5.53. The highest BCUT2D eigenvalue weighted by atomic mass is 32.2. The largest absolute Gasteiger partial charge is 0.468 e. The monoisotopic (exact) mass is 355 g/mol. The number of hydrogen-bond acceptors (Lipinski definition) is 4. The van der Waals surface area contributed by atoms with Crippen molar-refractivity contribution in [3.63, 3.8) is 0 Å². The Morgan fingerprint density at radius 2 is 2.08 bits per heavy atom. The van der Waals surface area contributed by atoms with Crippen LogP contribution in [0.5, 0.6) is 0 Å². The Morgan fingerprint density at radius 1 is 1.24 bits per heavy atom. The summed E-state index contributed by atoms with van der Waals surface area (Å²) in [4.78, 5) is 18.1. The van der Waals surface area contributed by atoms with E-state index in [0.717, 1.165) is 41.3 Å². The van der Waals surface area contributed by atoms with Crippen LogP contribution >= 0.6 is 11.8 Å². The fourth-order valence-electron chi connectivity index (χ4n) is 3.26. The maximum atomic E-state index is 12.6. The van der Waals surface area contributed by atoms with Gasteiger partial charge in [-0.15, -0.1) is 0 Å². The number of carbonyl (C=O) groups excluding carboxylic acids is 1. The number of nitrogens with zero attached hydrogens (tertiary/aromatic N) is 1. The lowest BCUT2D eigenvalue weighted by atomic mass is 10.1. The van der Waals surface area contributed by atoms with Gasteiger partial charge in [0.1, 0.15) is 11.5 Å². The highest BCUT2D eigenvalue weighted by molar-refractivity contribution is 7.99. The number of aromatic nitrogens is 1. The number of rotatable bonds is 5. The van der Waals surface area contributed by atoms with Crippen LogP contribution < -0.4 is 5.32 Å². The molecule has 5 nitrogen and oxygen atoms in total. The predicted molar refractivity (Wildman–Crippen MR) is 101 cm³/mol. The van der Waals surface area contributed by atoms with E-state index < -0.39 is 0 Å². The number of nitrogens with one attached hydrogen (secondary N) is 2. The van der Waals surface area contributed by atoms with Gasteiger partial charge in [-0.1, -0.05) is 18.2 Å². The van der Waals surface area contributed by atoms with Crippen LogP contribution in [0.25, 0.3) is 10.9 Å². The number of benzene rings is 1. The molecule has 0 spiro atoms. The zero-order valence-electron chi connectivity index (χ0n) is 13.9. The van der Waals surface area contributed by atoms with E-state index in [-0.39, 0.29) is 11.9 Å². The van der Waals surface area contributed by atoms with Crippen molar-refractivity contribution in [3.05, 3.63) is 60.2 Å². The van der Waals surface area contributed by atoms with E-state index in [1.807, 2.05) is 54.2 Å². The van der Waals surface area contributed by atoms with E-state index in [9.17, 15) is 4.79 Å². The third-order valence-electron chi connectivity index (χ3n) is 4.59. The molecular weight excluding hydrogens is 334 g/mol. The molecule has 1 aliphatic heterocycles. The molecule has 25 heavy (non-hydrogen) atoms. The lowest BCUT2D eigenvalue weighted by molar-refractivity contribution is 0.0925. The topological polar surface area (TPSA) is 61.3 Å². The lowest BCUT2D eigenvalue weighted by Gasteiger charge is -2.33. The van der Waals surface area contributed by atoms with Gasteiger partial charge in [-0.05, 0) is 24.3 Å². The number of para-hydroxylation sites is 1. The molecule has 1 amide bonds. The second-order valence-corrected chi connectivity index (χ2v) is 7.38. The first-order chi connectivity index (χ1) is 12.3. The minimum Gasteiger partial charge on any atom is -0.468 e. The first kappa shape index (κ1) is 16.3. The van der Waals surface area contributed by atoms with Crippen molar-refractivity contribution >= 4 is 28.6 Å². The Hall–Kier alpha value is -2.18. The van der Waals surface area contributed by atoms with Crippen molar-refractivity contribution in [2.45, 2.75) is 6.04 Å². The Morgan fingerprint density at radius 3 is 2.84 bits per heavy atom. The molecule has 1 unspecified atom stereocenters. The summed E-state index contributed by atoms with van der Waals surface area (Å²) in [6.45, 7) is 2.56. The van der Waals surface area contributed by atoms with Gasteiger partial charge in [0.05, 0.1) is 12.3 Å². The van der Waals surface area contributed by atoms with Crippen LogP contribution in [0.2, 0.25) is 0 Å². The van der Waals surface area contributed by atoms with Gasteiger partial charge in [-0.25, -0.2) is 0 Å². The Labute approximate surface area is 150 Å².